The first-order chi connectivity index (χ1) is 21.0. The Balaban J connectivity index is 1.38. The number of fused-ring (bicyclic) bond motifs is 2. The van der Waals surface area contributed by atoms with Crippen LogP contribution >= 0.6 is 11.8 Å². The Morgan fingerprint density at radius 3 is 2.65 bits per heavy atom. The van der Waals surface area contributed by atoms with Crippen LogP contribution in [0.2, 0.25) is 0 Å². The number of carbonyl (C=O) groups excluding carboxylic acids is 2. The minimum atomic E-state index is -0.388. The number of amides is 2. The standard InChI is InChI=1S/C32H29FN4O5S/c33-22-9-11-23(12-10-22)37-32-29(30(35-37)20-5-2-1-3-6-20)31(21-8-13-25-26(15-21)42-19-41-25)43-18-28(39)36(32)17-27(38)34-16-24-7-4-14-40-24/h1-3,5-6,8-13,15,24,31H,4,7,14,16-19H2,(H,34,38)/t24-,31-/m1/s1. The van der Waals surface area contributed by atoms with Crippen molar-refractivity contribution in [2.24, 2.45) is 0 Å². The van der Waals surface area contributed by atoms with Crippen molar-refractivity contribution in [2.45, 2.75) is 24.2 Å². The summed E-state index contributed by atoms with van der Waals surface area (Å²) < 4.78 is 32.5. The van der Waals surface area contributed by atoms with Crippen LogP contribution in [0.25, 0.3) is 16.9 Å². The Kier molecular flexibility index (Phi) is 7.50. The number of carbonyl (C=O) groups is 2. The molecule has 1 aromatic heterocycles. The van der Waals surface area contributed by atoms with E-state index in [1.165, 1.54) is 28.8 Å². The van der Waals surface area contributed by atoms with Gasteiger partial charge in [0.1, 0.15) is 18.2 Å². The van der Waals surface area contributed by atoms with Crippen molar-refractivity contribution in [2.75, 3.05) is 37.1 Å². The highest BCUT2D eigenvalue weighted by Crippen LogP contribution is 2.50. The molecule has 4 heterocycles. The van der Waals surface area contributed by atoms with E-state index in [0.29, 0.717) is 41.8 Å². The van der Waals surface area contributed by atoms with Crippen molar-refractivity contribution in [3.05, 3.63) is 89.7 Å². The van der Waals surface area contributed by atoms with Gasteiger partial charge in [0, 0.05) is 24.3 Å². The molecule has 0 bridgehead atoms. The van der Waals surface area contributed by atoms with Crippen LogP contribution < -0.4 is 19.7 Å². The van der Waals surface area contributed by atoms with Gasteiger partial charge in [-0.2, -0.15) is 5.10 Å². The number of thioether (sulfide) groups is 1. The van der Waals surface area contributed by atoms with E-state index in [0.717, 1.165) is 29.5 Å². The molecule has 3 aliphatic heterocycles. The predicted octanol–water partition coefficient (Wildman–Crippen LogP) is 4.87. The van der Waals surface area contributed by atoms with Crippen LogP contribution in [0.5, 0.6) is 11.5 Å². The van der Waals surface area contributed by atoms with Gasteiger partial charge in [0.05, 0.1) is 28.5 Å². The molecule has 0 radical (unpaired) electrons. The molecule has 1 fully saturated rings. The highest BCUT2D eigenvalue weighted by Gasteiger charge is 2.38. The fourth-order valence-electron chi connectivity index (χ4n) is 5.66. The molecule has 3 aliphatic rings. The molecule has 11 heteroatoms. The van der Waals surface area contributed by atoms with Gasteiger partial charge < -0.3 is 19.5 Å². The number of nitrogens with one attached hydrogen (secondary N) is 1. The molecule has 0 saturated carbocycles. The van der Waals surface area contributed by atoms with Gasteiger partial charge in [-0.15, -0.1) is 11.8 Å². The van der Waals surface area contributed by atoms with Crippen LogP contribution in [0.15, 0.2) is 72.8 Å². The molecule has 0 unspecified atom stereocenters. The molecule has 3 aromatic carbocycles. The third kappa shape index (κ3) is 5.46. The molecule has 2 atom stereocenters. The molecule has 220 valence electrons. The average Bonchev–Trinajstić information content (AvgIpc) is 3.79. The second-order valence-corrected chi connectivity index (χ2v) is 11.7. The van der Waals surface area contributed by atoms with Gasteiger partial charge in [-0.1, -0.05) is 36.4 Å². The van der Waals surface area contributed by atoms with Gasteiger partial charge >= 0.3 is 0 Å². The molecule has 7 rings (SSSR count). The SMILES string of the molecule is O=C(CN1C(=O)CS[C@H](c2ccc3c(c2)OCO3)c2c(-c3ccccc3)nn(-c3ccc(F)cc3)c21)NC[C@H]1CCCO1. The van der Waals surface area contributed by atoms with Gasteiger partial charge in [0.15, 0.2) is 11.5 Å². The largest absolute Gasteiger partial charge is 0.454 e. The fourth-order valence-corrected chi connectivity index (χ4v) is 6.85. The lowest BCUT2D eigenvalue weighted by molar-refractivity contribution is -0.123. The second-order valence-electron chi connectivity index (χ2n) is 10.6. The zero-order valence-electron chi connectivity index (χ0n) is 23.2. The summed E-state index contributed by atoms with van der Waals surface area (Å²) in [6.45, 7) is 1.02. The van der Waals surface area contributed by atoms with Crippen molar-refractivity contribution < 1.29 is 28.2 Å². The zero-order valence-corrected chi connectivity index (χ0v) is 24.0. The maximum atomic E-state index is 14.0. The summed E-state index contributed by atoms with van der Waals surface area (Å²) in [5.41, 5.74) is 3.76. The molecule has 1 saturated heterocycles. The molecular formula is C32H29FN4O5S. The molecule has 2 amide bonds. The third-order valence-electron chi connectivity index (χ3n) is 7.76. The summed E-state index contributed by atoms with van der Waals surface area (Å²) in [5, 5.41) is 7.64. The van der Waals surface area contributed by atoms with Crippen molar-refractivity contribution >= 4 is 29.4 Å². The molecular weight excluding hydrogens is 571 g/mol. The van der Waals surface area contributed by atoms with Gasteiger partial charge in [0.2, 0.25) is 18.6 Å². The quantitative estimate of drug-likeness (QED) is 0.324. The summed E-state index contributed by atoms with van der Waals surface area (Å²) in [6.07, 6.45) is 1.82. The summed E-state index contributed by atoms with van der Waals surface area (Å²) in [6, 6.07) is 21.4. The van der Waals surface area contributed by atoms with Gasteiger partial charge in [-0.25, -0.2) is 9.07 Å². The highest BCUT2D eigenvalue weighted by atomic mass is 32.2. The maximum Gasteiger partial charge on any atom is 0.240 e. The predicted molar refractivity (Wildman–Crippen MR) is 160 cm³/mol. The number of aromatic nitrogens is 2. The van der Waals surface area contributed by atoms with Crippen molar-refractivity contribution in [1.82, 2.24) is 15.1 Å². The van der Waals surface area contributed by atoms with E-state index >= 15 is 0 Å². The van der Waals surface area contributed by atoms with Crippen LogP contribution in [-0.2, 0) is 14.3 Å². The van der Waals surface area contributed by atoms with Gasteiger partial charge in [-0.05, 0) is 54.8 Å². The Morgan fingerprint density at radius 1 is 1.05 bits per heavy atom. The highest BCUT2D eigenvalue weighted by molar-refractivity contribution is 8.00. The minimum absolute atomic E-state index is 0.0280. The lowest BCUT2D eigenvalue weighted by Crippen LogP contribution is -2.44. The fraction of sp³-hybridized carbons (Fsp3) is 0.281. The van der Waals surface area contributed by atoms with E-state index in [2.05, 4.69) is 5.32 Å². The third-order valence-corrected chi connectivity index (χ3v) is 9.01. The Bertz CT molecular complexity index is 1660. The number of benzene rings is 3. The number of hydrogen-bond donors (Lipinski definition) is 1. The van der Waals surface area contributed by atoms with E-state index < -0.39 is 0 Å². The van der Waals surface area contributed by atoms with Crippen LogP contribution in [0.1, 0.15) is 29.2 Å². The number of ether oxygens (including phenoxy) is 3. The number of halogens is 1. The summed E-state index contributed by atoms with van der Waals surface area (Å²) in [5.74, 6) is 0.973. The lowest BCUT2D eigenvalue weighted by atomic mass is 9.99. The Hall–Kier alpha value is -4.35. The van der Waals surface area contributed by atoms with Crippen molar-refractivity contribution in [1.29, 1.82) is 0 Å². The number of rotatable bonds is 7. The van der Waals surface area contributed by atoms with E-state index in [9.17, 15) is 14.0 Å². The Labute approximate surface area is 251 Å². The topological polar surface area (TPSA) is 94.9 Å². The second kappa shape index (κ2) is 11.7. The number of nitrogens with zero attached hydrogens (tertiary/aromatic N) is 3. The summed E-state index contributed by atoms with van der Waals surface area (Å²) in [4.78, 5) is 28.7. The van der Waals surface area contributed by atoms with E-state index in [1.807, 2.05) is 48.5 Å². The zero-order chi connectivity index (χ0) is 29.3. The van der Waals surface area contributed by atoms with Crippen molar-refractivity contribution in [3.63, 3.8) is 0 Å². The van der Waals surface area contributed by atoms with Gasteiger partial charge in [0.25, 0.3) is 0 Å². The molecule has 0 aliphatic carbocycles. The normalized spacial score (nSPS) is 19.3. The van der Waals surface area contributed by atoms with E-state index in [4.69, 9.17) is 19.3 Å². The maximum absolute atomic E-state index is 14.0. The first-order valence-electron chi connectivity index (χ1n) is 14.2. The summed E-state index contributed by atoms with van der Waals surface area (Å²) >= 11 is 1.47. The molecule has 0 spiro atoms. The van der Waals surface area contributed by atoms with E-state index in [-0.39, 0.29) is 48.1 Å². The van der Waals surface area contributed by atoms with Crippen molar-refractivity contribution in [3.8, 4) is 28.4 Å². The molecule has 43 heavy (non-hydrogen) atoms. The van der Waals surface area contributed by atoms with Crippen LogP contribution in [0.3, 0.4) is 0 Å². The number of anilines is 1. The molecule has 1 N–H and O–H groups in total. The van der Waals surface area contributed by atoms with E-state index in [1.54, 1.807) is 16.8 Å². The average molecular weight is 601 g/mol. The minimum Gasteiger partial charge on any atom is -0.454 e. The number of hydrogen-bond acceptors (Lipinski definition) is 7. The molecule has 4 aromatic rings. The monoisotopic (exact) mass is 600 g/mol. The lowest BCUT2D eigenvalue weighted by Gasteiger charge is -2.23. The first kappa shape index (κ1) is 27.5. The van der Waals surface area contributed by atoms with Crippen LogP contribution in [0.4, 0.5) is 10.2 Å². The molecule has 9 nitrogen and oxygen atoms in total. The smallest absolute Gasteiger partial charge is 0.240 e. The first-order valence-corrected chi connectivity index (χ1v) is 15.2. The van der Waals surface area contributed by atoms with Crippen LogP contribution in [-0.4, -0.2) is 59.9 Å². The van der Waals surface area contributed by atoms with Gasteiger partial charge in [-0.3, -0.25) is 14.5 Å². The summed E-state index contributed by atoms with van der Waals surface area (Å²) in [7, 11) is 0. The Morgan fingerprint density at radius 2 is 1.86 bits per heavy atom. The van der Waals surface area contributed by atoms with Crippen LogP contribution in [0, 0.1) is 5.82 Å².